The van der Waals surface area contributed by atoms with Crippen LogP contribution in [-0.2, 0) is 0 Å². The van der Waals surface area contributed by atoms with Gasteiger partial charge >= 0.3 is 0 Å². The largest absolute Gasteiger partial charge is 0.328 e. The minimum absolute atomic E-state index is 0.305. The summed E-state index contributed by atoms with van der Waals surface area (Å²) in [4.78, 5) is 4.31. The molecule has 1 aliphatic carbocycles. The monoisotopic (exact) mass is 231 g/mol. The molecule has 0 saturated heterocycles. The van der Waals surface area contributed by atoms with Crippen LogP contribution >= 0.6 is 0 Å². The zero-order valence-electron chi connectivity index (χ0n) is 10.0. The Morgan fingerprint density at radius 3 is 3.06 bits per heavy atom. The molecule has 1 aliphatic rings. The quantitative estimate of drug-likeness (QED) is 0.805. The minimum Gasteiger partial charge on any atom is -0.328 e. The summed E-state index contributed by atoms with van der Waals surface area (Å²) in [7, 11) is 0. The van der Waals surface area contributed by atoms with Crippen LogP contribution < -0.4 is 5.73 Å². The molecule has 2 atom stereocenters. The molecule has 0 spiro atoms. The second-order valence-electron chi connectivity index (χ2n) is 4.94. The van der Waals surface area contributed by atoms with E-state index in [1.807, 2.05) is 23.7 Å². The fraction of sp³-hybridized carbons (Fsp3) is 0.583. The molecular weight excluding hydrogens is 214 g/mol. The van der Waals surface area contributed by atoms with E-state index in [2.05, 4.69) is 15.2 Å². The van der Waals surface area contributed by atoms with Gasteiger partial charge in [0.1, 0.15) is 12.2 Å². The van der Waals surface area contributed by atoms with Crippen molar-refractivity contribution in [2.45, 2.75) is 44.6 Å². The number of hydrogen-bond acceptors (Lipinski definition) is 4. The molecule has 2 aromatic heterocycles. The van der Waals surface area contributed by atoms with Crippen LogP contribution in [0.15, 0.2) is 12.4 Å². The Hall–Kier alpha value is -1.49. The van der Waals surface area contributed by atoms with Gasteiger partial charge in [-0.05, 0) is 26.2 Å². The molecule has 0 radical (unpaired) electrons. The van der Waals surface area contributed by atoms with Gasteiger partial charge in [0.25, 0.3) is 0 Å². The zero-order valence-corrected chi connectivity index (χ0v) is 10.0. The van der Waals surface area contributed by atoms with Gasteiger partial charge in [0.05, 0.1) is 0 Å². The lowest BCUT2D eigenvalue weighted by Crippen LogP contribution is -2.27. The molecule has 5 heteroatoms. The standard InChI is InChI=1S/C12H17N5/c1-8-5-11-15-16-12(17(11)7-14-8)9-3-2-4-10(13)6-9/h5,7,9-10H,2-4,6,13H2,1H3. The fourth-order valence-corrected chi connectivity index (χ4v) is 2.65. The predicted octanol–water partition coefficient (Wildman–Crippen LogP) is 1.42. The van der Waals surface area contributed by atoms with E-state index in [-0.39, 0.29) is 0 Å². The van der Waals surface area contributed by atoms with E-state index < -0.39 is 0 Å². The van der Waals surface area contributed by atoms with E-state index in [9.17, 15) is 0 Å². The van der Waals surface area contributed by atoms with E-state index in [1.165, 1.54) is 6.42 Å². The smallest absolute Gasteiger partial charge is 0.163 e. The molecule has 90 valence electrons. The van der Waals surface area contributed by atoms with Crippen molar-refractivity contribution >= 4 is 5.65 Å². The Balaban J connectivity index is 1.99. The highest BCUT2D eigenvalue weighted by Gasteiger charge is 2.24. The number of nitrogens with two attached hydrogens (primary N) is 1. The Labute approximate surface area is 100 Å². The Morgan fingerprint density at radius 1 is 1.35 bits per heavy atom. The molecule has 3 rings (SSSR count). The van der Waals surface area contributed by atoms with Gasteiger partial charge in [0, 0.05) is 23.7 Å². The van der Waals surface area contributed by atoms with Crippen LogP contribution in [0.5, 0.6) is 0 Å². The molecule has 5 nitrogen and oxygen atoms in total. The molecule has 17 heavy (non-hydrogen) atoms. The van der Waals surface area contributed by atoms with Crippen LogP contribution in [0, 0.1) is 6.92 Å². The summed E-state index contributed by atoms with van der Waals surface area (Å²) in [5.41, 5.74) is 7.88. The van der Waals surface area contributed by atoms with Gasteiger partial charge in [-0.15, -0.1) is 10.2 Å². The van der Waals surface area contributed by atoms with E-state index in [0.29, 0.717) is 12.0 Å². The first-order valence-electron chi connectivity index (χ1n) is 6.17. The maximum absolute atomic E-state index is 6.03. The van der Waals surface area contributed by atoms with Crippen molar-refractivity contribution in [2.75, 3.05) is 0 Å². The highest BCUT2D eigenvalue weighted by atomic mass is 15.3. The lowest BCUT2D eigenvalue weighted by Gasteiger charge is -2.25. The molecule has 2 aromatic rings. The first-order valence-corrected chi connectivity index (χ1v) is 6.17. The summed E-state index contributed by atoms with van der Waals surface area (Å²) >= 11 is 0. The highest BCUT2D eigenvalue weighted by molar-refractivity contribution is 5.38. The summed E-state index contributed by atoms with van der Waals surface area (Å²) in [6, 6.07) is 2.26. The summed E-state index contributed by atoms with van der Waals surface area (Å²) < 4.78 is 2.00. The predicted molar refractivity (Wildman–Crippen MR) is 64.7 cm³/mol. The van der Waals surface area contributed by atoms with Crippen molar-refractivity contribution < 1.29 is 0 Å². The van der Waals surface area contributed by atoms with E-state index in [0.717, 1.165) is 36.4 Å². The topological polar surface area (TPSA) is 69.1 Å². The molecule has 2 heterocycles. The van der Waals surface area contributed by atoms with Gasteiger partial charge in [-0.2, -0.15) is 0 Å². The van der Waals surface area contributed by atoms with Crippen LogP contribution in [0.25, 0.3) is 5.65 Å². The molecule has 2 N–H and O–H groups in total. The number of fused-ring (bicyclic) bond motifs is 1. The maximum atomic E-state index is 6.03. The van der Waals surface area contributed by atoms with Crippen LogP contribution in [0.1, 0.15) is 43.1 Å². The van der Waals surface area contributed by atoms with Gasteiger partial charge < -0.3 is 5.73 Å². The van der Waals surface area contributed by atoms with Crippen LogP contribution in [0.2, 0.25) is 0 Å². The molecular formula is C12H17N5. The van der Waals surface area contributed by atoms with Crippen LogP contribution in [-0.4, -0.2) is 25.6 Å². The summed E-state index contributed by atoms with van der Waals surface area (Å²) in [6.07, 6.45) is 6.29. The second kappa shape index (κ2) is 4.07. The Morgan fingerprint density at radius 2 is 2.24 bits per heavy atom. The first-order chi connectivity index (χ1) is 8.24. The zero-order chi connectivity index (χ0) is 11.8. The SMILES string of the molecule is Cc1cc2nnc(C3CCCC(N)C3)n2cn1. The lowest BCUT2D eigenvalue weighted by atomic mass is 9.86. The number of hydrogen-bond donors (Lipinski definition) is 1. The van der Waals surface area contributed by atoms with Crippen molar-refractivity contribution in [3.8, 4) is 0 Å². The highest BCUT2D eigenvalue weighted by Crippen LogP contribution is 2.31. The fourth-order valence-electron chi connectivity index (χ4n) is 2.65. The molecule has 1 saturated carbocycles. The van der Waals surface area contributed by atoms with Crippen molar-refractivity contribution in [3.05, 3.63) is 23.9 Å². The molecule has 0 bridgehead atoms. The number of nitrogens with zero attached hydrogens (tertiary/aromatic N) is 4. The first kappa shape index (κ1) is 10.7. The molecule has 0 aromatic carbocycles. The van der Waals surface area contributed by atoms with E-state index in [4.69, 9.17) is 5.73 Å². The second-order valence-corrected chi connectivity index (χ2v) is 4.94. The van der Waals surface area contributed by atoms with Crippen molar-refractivity contribution in [3.63, 3.8) is 0 Å². The third kappa shape index (κ3) is 1.91. The van der Waals surface area contributed by atoms with Gasteiger partial charge in [0.15, 0.2) is 5.65 Å². The van der Waals surface area contributed by atoms with Gasteiger partial charge in [-0.1, -0.05) is 6.42 Å². The summed E-state index contributed by atoms with van der Waals surface area (Å²) in [6.45, 7) is 1.96. The number of aryl methyl sites for hydroxylation is 1. The number of rotatable bonds is 1. The molecule has 0 aliphatic heterocycles. The average molecular weight is 231 g/mol. The van der Waals surface area contributed by atoms with Crippen LogP contribution in [0.4, 0.5) is 0 Å². The maximum Gasteiger partial charge on any atom is 0.163 e. The van der Waals surface area contributed by atoms with Crippen molar-refractivity contribution in [1.82, 2.24) is 19.6 Å². The van der Waals surface area contributed by atoms with Crippen LogP contribution in [0.3, 0.4) is 0 Å². The summed E-state index contributed by atoms with van der Waals surface area (Å²) in [5, 5.41) is 8.52. The summed E-state index contributed by atoms with van der Waals surface area (Å²) in [5.74, 6) is 1.45. The number of aromatic nitrogens is 4. The van der Waals surface area contributed by atoms with Gasteiger partial charge in [-0.3, -0.25) is 4.40 Å². The Kier molecular flexibility index (Phi) is 2.55. The molecule has 0 amide bonds. The molecule has 1 fully saturated rings. The van der Waals surface area contributed by atoms with Crippen molar-refractivity contribution in [1.29, 1.82) is 0 Å². The van der Waals surface area contributed by atoms with Gasteiger partial charge in [-0.25, -0.2) is 4.98 Å². The third-order valence-corrected chi connectivity index (χ3v) is 3.54. The Bertz CT molecular complexity index is 533. The minimum atomic E-state index is 0.305. The van der Waals surface area contributed by atoms with Gasteiger partial charge in [0.2, 0.25) is 0 Å². The lowest BCUT2D eigenvalue weighted by molar-refractivity contribution is 0.380. The average Bonchev–Trinajstić information content (AvgIpc) is 2.71. The third-order valence-electron chi connectivity index (χ3n) is 3.54. The normalized spacial score (nSPS) is 25.3. The molecule has 2 unspecified atom stereocenters. The van der Waals surface area contributed by atoms with E-state index >= 15 is 0 Å². The van der Waals surface area contributed by atoms with E-state index in [1.54, 1.807) is 0 Å². The van der Waals surface area contributed by atoms with Crippen molar-refractivity contribution in [2.24, 2.45) is 5.73 Å².